The van der Waals surface area contributed by atoms with Gasteiger partial charge >= 0.3 is 6.03 Å². The van der Waals surface area contributed by atoms with Crippen LogP contribution in [0.4, 0.5) is 26.2 Å². The molecule has 1 aliphatic heterocycles. The molecule has 3 aromatic rings. The van der Waals surface area contributed by atoms with E-state index >= 15 is 0 Å². The minimum atomic E-state index is -0.621. The molecular weight excluding hydrogens is 373 g/mol. The number of hydrogen-bond donors (Lipinski definition) is 2. The summed E-state index contributed by atoms with van der Waals surface area (Å²) >= 11 is 0. The summed E-state index contributed by atoms with van der Waals surface area (Å²) in [5.74, 6) is 0.165. The van der Waals surface area contributed by atoms with Crippen molar-refractivity contribution in [1.82, 2.24) is 0 Å². The van der Waals surface area contributed by atoms with E-state index in [4.69, 9.17) is 4.74 Å². The second-order valence-corrected chi connectivity index (χ2v) is 6.71. The zero-order valence-corrected chi connectivity index (χ0v) is 15.8. The van der Waals surface area contributed by atoms with Gasteiger partial charge in [-0.3, -0.25) is 4.79 Å². The van der Waals surface area contributed by atoms with Gasteiger partial charge in [-0.15, -0.1) is 0 Å². The number of fused-ring (bicyclic) bond motifs is 2. The van der Waals surface area contributed by atoms with Crippen molar-refractivity contribution < 1.29 is 18.7 Å². The van der Waals surface area contributed by atoms with Crippen molar-refractivity contribution in [2.75, 3.05) is 22.6 Å². The van der Waals surface area contributed by atoms with E-state index < -0.39 is 11.8 Å². The van der Waals surface area contributed by atoms with E-state index in [2.05, 4.69) is 10.6 Å². The Morgan fingerprint density at radius 1 is 1.00 bits per heavy atom. The molecule has 0 saturated heterocycles. The molecule has 0 aromatic heterocycles. The predicted molar refractivity (Wildman–Crippen MR) is 109 cm³/mol. The van der Waals surface area contributed by atoms with Crippen molar-refractivity contribution in [2.45, 2.75) is 6.92 Å². The van der Waals surface area contributed by atoms with Crippen LogP contribution in [0.15, 0.2) is 60.7 Å². The largest absolute Gasteiger partial charge is 0.454 e. The maximum atomic E-state index is 13.7. The second kappa shape index (κ2) is 7.27. The lowest BCUT2D eigenvalue weighted by atomic mass is 10.1. The Morgan fingerprint density at radius 3 is 2.55 bits per heavy atom. The molecule has 0 atom stereocenters. The van der Waals surface area contributed by atoms with Crippen LogP contribution in [-0.4, -0.2) is 19.0 Å². The molecular formula is C22H18FN3O3. The van der Waals surface area contributed by atoms with Crippen LogP contribution in [0.2, 0.25) is 0 Å². The van der Waals surface area contributed by atoms with Gasteiger partial charge in [0, 0.05) is 12.7 Å². The Bertz CT molecular complexity index is 1130. The van der Waals surface area contributed by atoms with Crippen LogP contribution in [0, 0.1) is 12.7 Å². The molecule has 0 unspecified atom stereocenters. The first-order valence-corrected chi connectivity index (χ1v) is 8.95. The quantitative estimate of drug-likeness (QED) is 0.634. The van der Waals surface area contributed by atoms with Crippen molar-refractivity contribution in [2.24, 2.45) is 0 Å². The molecule has 1 aliphatic rings. The number of carbonyl (C=O) groups is 2. The summed E-state index contributed by atoms with van der Waals surface area (Å²) in [7, 11) is 1.67. The van der Waals surface area contributed by atoms with Gasteiger partial charge in [-0.25, -0.2) is 9.18 Å². The summed E-state index contributed by atoms with van der Waals surface area (Å²) in [5, 5.41) is 5.05. The number of nitrogens with one attached hydrogen (secondary N) is 2. The van der Waals surface area contributed by atoms with Gasteiger partial charge < -0.3 is 20.3 Å². The smallest absolute Gasteiger partial charge is 0.323 e. The normalized spacial score (nSPS) is 12.4. The molecule has 1 heterocycles. The first-order valence-electron chi connectivity index (χ1n) is 8.95. The molecule has 3 aromatic carbocycles. The van der Waals surface area contributed by atoms with Gasteiger partial charge in [-0.05, 0) is 55.0 Å². The lowest BCUT2D eigenvalue weighted by Crippen LogP contribution is -2.25. The van der Waals surface area contributed by atoms with E-state index in [1.165, 1.54) is 29.2 Å². The first kappa shape index (κ1) is 18.5. The van der Waals surface area contributed by atoms with Gasteiger partial charge in [0.15, 0.2) is 5.75 Å². The molecule has 0 aliphatic carbocycles. The van der Waals surface area contributed by atoms with Crippen molar-refractivity contribution >= 4 is 29.0 Å². The third kappa shape index (κ3) is 3.62. The fourth-order valence-corrected chi connectivity index (χ4v) is 3.10. The zero-order chi connectivity index (χ0) is 20.5. The Morgan fingerprint density at radius 2 is 1.76 bits per heavy atom. The summed E-state index contributed by atoms with van der Waals surface area (Å²) in [6.07, 6.45) is 0. The Kier molecular flexibility index (Phi) is 4.64. The fraction of sp³-hybridized carbons (Fsp3) is 0.0909. The van der Waals surface area contributed by atoms with E-state index in [9.17, 15) is 14.0 Å². The van der Waals surface area contributed by atoms with E-state index in [1.807, 2.05) is 25.1 Å². The Labute approximate surface area is 166 Å². The van der Waals surface area contributed by atoms with Gasteiger partial charge in [0.2, 0.25) is 0 Å². The number of aryl methyl sites for hydroxylation is 1. The molecule has 4 rings (SSSR count). The van der Waals surface area contributed by atoms with Crippen LogP contribution < -0.4 is 20.3 Å². The summed E-state index contributed by atoms with van der Waals surface area (Å²) in [6, 6.07) is 15.6. The topological polar surface area (TPSA) is 70.7 Å². The third-order valence-electron chi connectivity index (χ3n) is 4.59. The molecule has 0 bridgehead atoms. The van der Waals surface area contributed by atoms with Crippen molar-refractivity contribution in [3.8, 4) is 11.5 Å². The van der Waals surface area contributed by atoms with Crippen molar-refractivity contribution in [3.63, 3.8) is 0 Å². The standard InChI is InChI=1S/C22H18FN3O3/c1-13-7-9-20-18(11-13)26(2)21(27)15-12-14(8-10-19(15)29-20)24-22(28)25-17-6-4-3-5-16(17)23/h3-12H,1-2H3,(H2,24,25,28). The molecule has 0 spiro atoms. The molecule has 6 nitrogen and oxygen atoms in total. The van der Waals surface area contributed by atoms with Crippen LogP contribution in [-0.2, 0) is 0 Å². The van der Waals surface area contributed by atoms with Crippen molar-refractivity contribution in [1.29, 1.82) is 0 Å². The molecule has 0 fully saturated rings. The Balaban J connectivity index is 1.59. The highest BCUT2D eigenvalue weighted by atomic mass is 19.1. The summed E-state index contributed by atoms with van der Waals surface area (Å²) in [5.41, 5.74) is 2.42. The van der Waals surface area contributed by atoms with Crippen LogP contribution in [0.1, 0.15) is 15.9 Å². The highest BCUT2D eigenvalue weighted by Gasteiger charge is 2.26. The van der Waals surface area contributed by atoms with Gasteiger partial charge in [0.25, 0.3) is 5.91 Å². The van der Waals surface area contributed by atoms with Crippen molar-refractivity contribution in [3.05, 3.63) is 77.6 Å². The average molecular weight is 391 g/mol. The maximum absolute atomic E-state index is 13.7. The first-order chi connectivity index (χ1) is 13.9. The van der Waals surface area contributed by atoms with E-state index in [0.717, 1.165) is 5.56 Å². The summed E-state index contributed by atoms with van der Waals surface area (Å²) in [6.45, 7) is 1.94. The lowest BCUT2D eigenvalue weighted by molar-refractivity contribution is 0.0993. The van der Waals surface area contributed by atoms with Crippen LogP contribution >= 0.6 is 0 Å². The number of amides is 3. The number of benzene rings is 3. The number of halogens is 1. The summed E-state index contributed by atoms with van der Waals surface area (Å²) in [4.78, 5) is 26.7. The highest BCUT2D eigenvalue weighted by Crippen LogP contribution is 2.39. The van der Waals surface area contributed by atoms with Gasteiger partial charge in [-0.2, -0.15) is 0 Å². The molecule has 2 N–H and O–H groups in total. The summed E-state index contributed by atoms with van der Waals surface area (Å²) < 4.78 is 19.6. The van der Waals surface area contributed by atoms with Gasteiger partial charge in [0.05, 0.1) is 16.9 Å². The molecule has 0 radical (unpaired) electrons. The number of urea groups is 1. The minimum Gasteiger partial charge on any atom is -0.454 e. The number of nitrogens with zero attached hydrogens (tertiary/aromatic N) is 1. The monoisotopic (exact) mass is 391 g/mol. The number of anilines is 3. The molecule has 3 amide bonds. The van der Waals surface area contributed by atoms with Gasteiger partial charge in [-0.1, -0.05) is 18.2 Å². The molecule has 29 heavy (non-hydrogen) atoms. The zero-order valence-electron chi connectivity index (χ0n) is 15.8. The van der Waals surface area contributed by atoms with E-state index in [1.54, 1.807) is 25.2 Å². The van der Waals surface area contributed by atoms with Gasteiger partial charge in [0.1, 0.15) is 11.6 Å². The lowest BCUT2D eigenvalue weighted by Gasteiger charge is -2.16. The molecule has 0 saturated carbocycles. The predicted octanol–water partition coefficient (Wildman–Crippen LogP) is 5.16. The SMILES string of the molecule is Cc1ccc2c(c1)N(C)C(=O)c1cc(NC(=O)Nc3ccccc3F)ccc1O2. The third-order valence-corrected chi connectivity index (χ3v) is 4.59. The second-order valence-electron chi connectivity index (χ2n) is 6.71. The number of para-hydroxylation sites is 1. The maximum Gasteiger partial charge on any atom is 0.323 e. The van der Waals surface area contributed by atoms with Crippen LogP contribution in [0.5, 0.6) is 11.5 Å². The van der Waals surface area contributed by atoms with E-state index in [-0.39, 0.29) is 11.6 Å². The highest BCUT2D eigenvalue weighted by molar-refractivity contribution is 6.10. The molecule has 7 heteroatoms. The van der Waals surface area contributed by atoms with Crippen LogP contribution in [0.25, 0.3) is 0 Å². The number of carbonyl (C=O) groups excluding carboxylic acids is 2. The number of hydrogen-bond acceptors (Lipinski definition) is 3. The van der Waals surface area contributed by atoms with E-state index in [0.29, 0.717) is 28.4 Å². The average Bonchev–Trinajstić information content (AvgIpc) is 2.80. The number of ether oxygens (including phenoxy) is 1. The Hall–Kier alpha value is -3.87. The van der Waals surface area contributed by atoms with Crippen LogP contribution in [0.3, 0.4) is 0 Å². The fourth-order valence-electron chi connectivity index (χ4n) is 3.10. The molecule has 146 valence electrons. The minimum absolute atomic E-state index is 0.0599. The number of rotatable bonds is 2.